The van der Waals surface area contributed by atoms with Crippen LogP contribution >= 0.6 is 22.6 Å². The third kappa shape index (κ3) is 2.88. The Morgan fingerprint density at radius 1 is 1.53 bits per heavy atom. The van der Waals surface area contributed by atoms with E-state index < -0.39 is 0 Å². The number of H-pyrrole nitrogens is 1. The van der Waals surface area contributed by atoms with E-state index in [1.54, 1.807) is 0 Å². The van der Waals surface area contributed by atoms with Gasteiger partial charge in [0, 0.05) is 12.5 Å². The molecule has 1 atom stereocenters. The molecule has 1 unspecified atom stereocenters. The fourth-order valence-corrected chi connectivity index (χ4v) is 2.56. The summed E-state index contributed by atoms with van der Waals surface area (Å²) in [5, 5.41) is 0. The topological polar surface area (TPSA) is 55.0 Å². The molecule has 0 amide bonds. The lowest BCUT2D eigenvalue weighted by atomic mass is 10.2. The van der Waals surface area contributed by atoms with Crippen LogP contribution in [-0.4, -0.2) is 16.6 Å². The maximum absolute atomic E-state index is 11.9. The number of aromatic amines is 1. The largest absolute Gasteiger partial charge is 0.371 e. The second-order valence-corrected chi connectivity index (χ2v) is 5.36. The van der Waals surface area contributed by atoms with Crippen LogP contribution < -0.4 is 5.56 Å². The maximum Gasteiger partial charge on any atom is 0.264 e. The van der Waals surface area contributed by atoms with Gasteiger partial charge in [0.2, 0.25) is 0 Å². The Kier molecular flexibility index (Phi) is 4.19. The molecule has 5 heteroatoms. The molecule has 0 saturated heterocycles. The molecule has 94 valence electrons. The predicted molar refractivity (Wildman–Crippen MR) is 74.2 cm³/mol. The molecular weight excluding hydrogens is 331 g/mol. The smallest absolute Gasteiger partial charge is 0.264 e. The quantitative estimate of drug-likeness (QED) is 0.833. The van der Waals surface area contributed by atoms with Gasteiger partial charge in [-0.2, -0.15) is 0 Å². The van der Waals surface area contributed by atoms with Gasteiger partial charge in [-0.25, -0.2) is 4.98 Å². The van der Waals surface area contributed by atoms with E-state index in [0.29, 0.717) is 18.3 Å². The lowest BCUT2D eigenvalue weighted by molar-refractivity contribution is 0.0531. The molecule has 1 heterocycles. The van der Waals surface area contributed by atoms with Crippen LogP contribution in [0, 0.1) is 3.57 Å². The third-order valence-electron chi connectivity index (χ3n) is 2.91. The zero-order valence-electron chi connectivity index (χ0n) is 10.1. The summed E-state index contributed by atoms with van der Waals surface area (Å²) in [6.07, 6.45) is 3.03. The lowest BCUT2D eigenvalue weighted by Gasteiger charge is -2.15. The van der Waals surface area contributed by atoms with Gasteiger partial charge in [0.1, 0.15) is 11.9 Å². The van der Waals surface area contributed by atoms with E-state index in [0.717, 1.165) is 28.5 Å². The van der Waals surface area contributed by atoms with Crippen molar-refractivity contribution < 1.29 is 4.74 Å². The molecule has 0 aliphatic heterocycles. The van der Waals surface area contributed by atoms with Gasteiger partial charge >= 0.3 is 0 Å². The zero-order valence-corrected chi connectivity index (χ0v) is 12.3. The van der Waals surface area contributed by atoms with E-state index in [-0.39, 0.29) is 11.7 Å². The van der Waals surface area contributed by atoms with E-state index >= 15 is 0 Å². The van der Waals surface area contributed by atoms with Crippen molar-refractivity contribution in [2.45, 2.75) is 45.1 Å². The molecule has 4 nitrogen and oxygen atoms in total. The number of hydrogen-bond acceptors (Lipinski definition) is 3. The highest BCUT2D eigenvalue weighted by molar-refractivity contribution is 14.1. The molecule has 1 aromatic rings. The second-order valence-electron chi connectivity index (χ2n) is 4.28. The monoisotopic (exact) mass is 348 g/mol. The zero-order chi connectivity index (χ0) is 12.4. The molecular formula is C12H17IN2O2. The summed E-state index contributed by atoms with van der Waals surface area (Å²) < 4.78 is 6.33. The molecule has 0 radical (unpaired) electrons. The number of hydrogen-bond donors (Lipinski definition) is 1. The van der Waals surface area contributed by atoms with Crippen LogP contribution in [0.4, 0.5) is 0 Å². The molecule has 17 heavy (non-hydrogen) atoms. The summed E-state index contributed by atoms with van der Waals surface area (Å²) >= 11 is 2.09. The average Bonchev–Trinajstić information content (AvgIpc) is 3.13. The normalized spacial score (nSPS) is 17.1. The first kappa shape index (κ1) is 13.0. The van der Waals surface area contributed by atoms with E-state index in [1.807, 2.05) is 13.8 Å². The van der Waals surface area contributed by atoms with Crippen LogP contribution in [0.15, 0.2) is 4.79 Å². The second kappa shape index (κ2) is 5.48. The molecule has 0 spiro atoms. The maximum atomic E-state index is 11.9. The Bertz CT molecular complexity index is 454. The summed E-state index contributed by atoms with van der Waals surface area (Å²) in [7, 11) is 0. The SMILES string of the molecule is CCOC(CC)c1nc(C2CC2)c(I)c(=O)[nH]1. The van der Waals surface area contributed by atoms with E-state index in [1.165, 1.54) is 0 Å². The van der Waals surface area contributed by atoms with Crippen molar-refractivity contribution in [1.29, 1.82) is 0 Å². The number of rotatable bonds is 5. The molecule has 1 aliphatic rings. The summed E-state index contributed by atoms with van der Waals surface area (Å²) in [5.41, 5.74) is 0.929. The molecule has 1 aromatic heterocycles. The minimum absolute atomic E-state index is 0.0318. The van der Waals surface area contributed by atoms with Gasteiger partial charge in [0.25, 0.3) is 5.56 Å². The summed E-state index contributed by atoms with van der Waals surface area (Å²) in [6, 6.07) is 0. The van der Waals surface area contributed by atoms with Crippen LogP contribution in [0.3, 0.4) is 0 Å². The highest BCUT2D eigenvalue weighted by atomic mass is 127. The molecule has 0 bridgehead atoms. The standard InChI is InChI=1S/C12H17IN2O2/c1-3-8(17-4-2)11-14-10(7-5-6-7)9(13)12(16)15-11/h7-8H,3-6H2,1-2H3,(H,14,15,16). The van der Waals surface area contributed by atoms with Crippen molar-refractivity contribution >= 4 is 22.6 Å². The average molecular weight is 348 g/mol. The molecule has 1 N–H and O–H groups in total. The van der Waals surface area contributed by atoms with Crippen LogP contribution in [0.2, 0.25) is 0 Å². The fourth-order valence-electron chi connectivity index (χ4n) is 1.87. The summed E-state index contributed by atoms with van der Waals surface area (Å²) in [5.74, 6) is 1.17. The predicted octanol–water partition coefficient (Wildman–Crippen LogP) is 2.74. The van der Waals surface area contributed by atoms with Gasteiger partial charge < -0.3 is 9.72 Å². The van der Waals surface area contributed by atoms with Crippen molar-refractivity contribution in [3.63, 3.8) is 0 Å². The molecule has 1 saturated carbocycles. The van der Waals surface area contributed by atoms with Gasteiger partial charge in [-0.1, -0.05) is 6.92 Å². The van der Waals surface area contributed by atoms with Crippen molar-refractivity contribution in [3.8, 4) is 0 Å². The molecule has 1 fully saturated rings. The molecule has 2 rings (SSSR count). The lowest BCUT2D eigenvalue weighted by Crippen LogP contribution is -2.20. The van der Waals surface area contributed by atoms with Crippen LogP contribution in [-0.2, 0) is 4.74 Å². The Balaban J connectivity index is 2.37. The number of nitrogens with one attached hydrogen (secondary N) is 1. The van der Waals surface area contributed by atoms with E-state index in [2.05, 4.69) is 32.6 Å². The third-order valence-corrected chi connectivity index (χ3v) is 3.96. The van der Waals surface area contributed by atoms with E-state index in [4.69, 9.17) is 4.74 Å². The van der Waals surface area contributed by atoms with Gasteiger partial charge in [0.05, 0.1) is 9.26 Å². The first-order valence-electron chi connectivity index (χ1n) is 6.08. The number of halogens is 1. The van der Waals surface area contributed by atoms with Crippen LogP contribution in [0.1, 0.15) is 56.7 Å². The number of aromatic nitrogens is 2. The van der Waals surface area contributed by atoms with Crippen LogP contribution in [0.5, 0.6) is 0 Å². The number of ether oxygens (including phenoxy) is 1. The highest BCUT2D eigenvalue weighted by Gasteiger charge is 2.29. The van der Waals surface area contributed by atoms with Crippen molar-refractivity contribution in [2.24, 2.45) is 0 Å². The Morgan fingerprint density at radius 3 is 2.76 bits per heavy atom. The number of nitrogens with zero attached hydrogens (tertiary/aromatic N) is 1. The highest BCUT2D eigenvalue weighted by Crippen LogP contribution is 2.40. The Morgan fingerprint density at radius 2 is 2.24 bits per heavy atom. The van der Waals surface area contributed by atoms with Crippen LogP contribution in [0.25, 0.3) is 0 Å². The Hall–Kier alpha value is -0.430. The van der Waals surface area contributed by atoms with Gasteiger partial charge in [-0.15, -0.1) is 0 Å². The van der Waals surface area contributed by atoms with Gasteiger partial charge in [-0.3, -0.25) is 4.79 Å². The van der Waals surface area contributed by atoms with E-state index in [9.17, 15) is 4.79 Å². The first-order valence-corrected chi connectivity index (χ1v) is 7.16. The summed E-state index contributed by atoms with van der Waals surface area (Å²) in [6.45, 7) is 4.62. The molecule has 0 aromatic carbocycles. The first-order chi connectivity index (χ1) is 8.17. The summed E-state index contributed by atoms with van der Waals surface area (Å²) in [4.78, 5) is 19.3. The van der Waals surface area contributed by atoms with Crippen molar-refractivity contribution in [3.05, 3.63) is 25.4 Å². The van der Waals surface area contributed by atoms with Gasteiger partial charge in [-0.05, 0) is 48.8 Å². The van der Waals surface area contributed by atoms with Crippen molar-refractivity contribution in [1.82, 2.24) is 9.97 Å². The minimum atomic E-state index is -0.0952. The fraction of sp³-hybridized carbons (Fsp3) is 0.667. The Labute approximate surface area is 114 Å². The minimum Gasteiger partial charge on any atom is -0.371 e. The van der Waals surface area contributed by atoms with Crippen molar-refractivity contribution in [2.75, 3.05) is 6.61 Å². The molecule has 1 aliphatic carbocycles. The van der Waals surface area contributed by atoms with Gasteiger partial charge in [0.15, 0.2) is 0 Å².